The number of fused-ring (bicyclic) bond motifs is 3. The summed E-state index contributed by atoms with van der Waals surface area (Å²) >= 11 is 0. The molecule has 0 aromatic heterocycles. The predicted molar refractivity (Wildman–Crippen MR) is 161 cm³/mol. The van der Waals surface area contributed by atoms with Crippen molar-refractivity contribution in [2.45, 2.75) is 124 Å². The van der Waals surface area contributed by atoms with E-state index in [9.17, 15) is 4.79 Å². The first-order valence-corrected chi connectivity index (χ1v) is 20.3. The molecular formula is C32H54O3Si2. The average Bonchev–Trinajstić information content (AvgIpc) is 3.02. The van der Waals surface area contributed by atoms with Gasteiger partial charge in [0.15, 0.2) is 22.4 Å². The first kappa shape index (κ1) is 29.2. The molecule has 0 aliphatic heterocycles. The van der Waals surface area contributed by atoms with Gasteiger partial charge in [0.05, 0.1) is 17.6 Å². The van der Waals surface area contributed by atoms with E-state index in [1.807, 2.05) is 0 Å². The Balaban J connectivity index is 1.79. The summed E-state index contributed by atoms with van der Waals surface area (Å²) in [6.07, 6.45) is 8.67. The van der Waals surface area contributed by atoms with Gasteiger partial charge in [-0.25, -0.2) is 0 Å². The lowest BCUT2D eigenvalue weighted by atomic mass is 9.65. The highest BCUT2D eigenvalue weighted by Gasteiger charge is 2.79. The topological polar surface area (TPSA) is 35.5 Å². The van der Waals surface area contributed by atoms with Crippen LogP contribution in [0.15, 0.2) is 34.9 Å². The fourth-order valence-electron chi connectivity index (χ4n) is 7.25. The zero-order valence-corrected chi connectivity index (χ0v) is 28.3. The molecule has 0 radical (unpaired) electrons. The molecule has 5 heteroatoms. The summed E-state index contributed by atoms with van der Waals surface area (Å²) < 4.78 is 14.2. The van der Waals surface area contributed by atoms with Crippen molar-refractivity contribution in [3.05, 3.63) is 34.9 Å². The molecular weight excluding hydrogens is 489 g/mol. The second-order valence-corrected chi connectivity index (χ2v) is 26.0. The third-order valence-corrected chi connectivity index (χ3v) is 20.6. The minimum atomic E-state index is -2.04. The van der Waals surface area contributed by atoms with E-state index < -0.39 is 22.0 Å². The first-order chi connectivity index (χ1) is 16.5. The molecule has 4 aliphatic rings. The number of ketones is 1. The van der Waals surface area contributed by atoms with Gasteiger partial charge in [-0.15, -0.1) is 0 Å². The molecule has 37 heavy (non-hydrogen) atoms. The summed E-state index contributed by atoms with van der Waals surface area (Å²) in [6, 6.07) is 0. The number of carbonyl (C=O) groups is 1. The standard InChI is InChI=1S/C32H54O3Si2/c1-21-15-24-16-23(20-34-36(11,12)28(3,4)5)17-25-26-30(9,10)32(26,35-37(13,14)29(6,7)8)19-22(2)31(24,18-21)27(25)33/h15-16,18,22,25-26H,17,19-20H2,1-14H3/t22-,25+,26-,31-,32+/m1/s1. The fourth-order valence-corrected chi connectivity index (χ4v) is 9.92. The van der Waals surface area contributed by atoms with Gasteiger partial charge in [0, 0.05) is 11.8 Å². The van der Waals surface area contributed by atoms with E-state index in [0.29, 0.717) is 12.4 Å². The van der Waals surface area contributed by atoms with Crippen molar-refractivity contribution in [1.82, 2.24) is 0 Å². The third-order valence-electron chi connectivity index (χ3n) is 11.6. The van der Waals surface area contributed by atoms with Crippen molar-refractivity contribution in [3.63, 3.8) is 0 Å². The van der Waals surface area contributed by atoms with Gasteiger partial charge in [-0.2, -0.15) is 0 Å². The van der Waals surface area contributed by atoms with E-state index in [1.165, 1.54) is 16.7 Å². The lowest BCUT2D eigenvalue weighted by molar-refractivity contribution is -0.130. The fraction of sp³-hybridized carbons (Fsp3) is 0.781. The normalized spacial score (nSPS) is 35.6. The zero-order chi connectivity index (χ0) is 28.2. The van der Waals surface area contributed by atoms with Gasteiger partial charge in [0.25, 0.3) is 0 Å². The van der Waals surface area contributed by atoms with Crippen LogP contribution in [0.4, 0.5) is 0 Å². The second-order valence-electron chi connectivity index (χ2n) is 16.4. The molecule has 3 nitrogen and oxygen atoms in total. The highest BCUT2D eigenvalue weighted by atomic mass is 28.4. The lowest BCUT2D eigenvalue weighted by Gasteiger charge is -2.43. The van der Waals surface area contributed by atoms with Crippen molar-refractivity contribution in [3.8, 4) is 0 Å². The minimum absolute atomic E-state index is 0.0182. The molecule has 0 amide bonds. The molecule has 2 fully saturated rings. The van der Waals surface area contributed by atoms with Crippen molar-refractivity contribution in [2.24, 2.45) is 28.6 Å². The Hall–Kier alpha value is -0.756. The molecule has 2 saturated carbocycles. The molecule has 0 saturated heterocycles. The summed E-state index contributed by atoms with van der Waals surface area (Å²) in [6.45, 7) is 33.1. The van der Waals surface area contributed by atoms with Gasteiger partial charge >= 0.3 is 0 Å². The van der Waals surface area contributed by atoms with Crippen LogP contribution in [0.5, 0.6) is 0 Å². The summed E-state index contributed by atoms with van der Waals surface area (Å²) in [7, 11) is -3.95. The summed E-state index contributed by atoms with van der Waals surface area (Å²) in [5, 5.41) is 0.290. The Labute approximate surface area is 229 Å². The maximum absolute atomic E-state index is 14.7. The molecule has 0 aromatic rings. The van der Waals surface area contributed by atoms with Gasteiger partial charge in [-0.3, -0.25) is 4.79 Å². The van der Waals surface area contributed by atoms with Crippen LogP contribution in [0, 0.1) is 28.6 Å². The van der Waals surface area contributed by atoms with Gasteiger partial charge < -0.3 is 8.85 Å². The van der Waals surface area contributed by atoms with Crippen LogP contribution < -0.4 is 0 Å². The van der Waals surface area contributed by atoms with Crippen molar-refractivity contribution in [1.29, 1.82) is 0 Å². The molecule has 4 aliphatic carbocycles. The zero-order valence-electron chi connectivity index (χ0n) is 26.3. The summed E-state index contributed by atoms with van der Waals surface area (Å²) in [4.78, 5) is 14.7. The van der Waals surface area contributed by atoms with Gasteiger partial charge in [-0.1, -0.05) is 86.1 Å². The molecule has 2 bridgehead atoms. The van der Waals surface area contributed by atoms with E-state index in [4.69, 9.17) is 8.85 Å². The molecule has 0 heterocycles. The number of Topliss-reactive ketones (excluding diaryl/α,β-unsaturated/α-hetero) is 1. The molecule has 208 valence electrons. The van der Waals surface area contributed by atoms with Crippen LogP contribution in [0.2, 0.25) is 36.3 Å². The molecule has 0 N–H and O–H groups in total. The highest BCUT2D eigenvalue weighted by molar-refractivity contribution is 6.74. The SMILES string of the molecule is CC1=C[C@]23C(=O)[C@@H](CC(CO[Si](C)(C)C(C)(C)C)=CC2=C1)[C@@H]1C(C)(C)[C@]1(O[Si](C)(C)C(C)(C)C)C[C@H]3C. The van der Waals surface area contributed by atoms with Crippen LogP contribution in [-0.4, -0.2) is 34.6 Å². The maximum atomic E-state index is 14.7. The Bertz CT molecular complexity index is 1080. The number of rotatable bonds is 5. The van der Waals surface area contributed by atoms with E-state index in [0.717, 1.165) is 12.8 Å². The first-order valence-electron chi connectivity index (χ1n) is 14.5. The van der Waals surface area contributed by atoms with Gasteiger partial charge in [-0.05, 0) is 78.5 Å². The van der Waals surface area contributed by atoms with Gasteiger partial charge in [0.1, 0.15) is 0 Å². The number of carbonyl (C=O) groups excluding carboxylic acids is 1. The smallest absolute Gasteiger partial charge is 0.192 e. The molecule has 1 spiro atoms. The Morgan fingerprint density at radius 2 is 1.54 bits per heavy atom. The van der Waals surface area contributed by atoms with Crippen LogP contribution >= 0.6 is 0 Å². The number of allylic oxidation sites excluding steroid dienone is 5. The minimum Gasteiger partial charge on any atom is -0.413 e. The van der Waals surface area contributed by atoms with E-state index >= 15 is 0 Å². The third kappa shape index (κ3) is 4.20. The van der Waals surface area contributed by atoms with Crippen LogP contribution in [0.25, 0.3) is 0 Å². The Morgan fingerprint density at radius 1 is 0.973 bits per heavy atom. The molecule has 0 aromatic carbocycles. The van der Waals surface area contributed by atoms with E-state index in [2.05, 4.69) is 114 Å². The van der Waals surface area contributed by atoms with E-state index in [-0.39, 0.29) is 38.8 Å². The van der Waals surface area contributed by atoms with Crippen molar-refractivity contribution in [2.75, 3.05) is 6.61 Å². The van der Waals surface area contributed by atoms with E-state index in [1.54, 1.807) is 0 Å². The Kier molecular flexibility index (Phi) is 6.62. The van der Waals surface area contributed by atoms with Crippen LogP contribution in [-0.2, 0) is 13.6 Å². The molecule has 4 rings (SSSR count). The summed E-state index contributed by atoms with van der Waals surface area (Å²) in [5.41, 5.74) is 2.91. The lowest BCUT2D eigenvalue weighted by Crippen LogP contribution is -2.47. The number of hydrogen-bond acceptors (Lipinski definition) is 3. The predicted octanol–water partition coefficient (Wildman–Crippen LogP) is 8.85. The Morgan fingerprint density at radius 3 is 2.08 bits per heavy atom. The molecule has 0 unspecified atom stereocenters. The van der Waals surface area contributed by atoms with Crippen molar-refractivity contribution >= 4 is 22.4 Å². The highest BCUT2D eigenvalue weighted by Crippen LogP contribution is 2.75. The summed E-state index contributed by atoms with van der Waals surface area (Å²) in [5.74, 6) is 0.832. The molecule has 5 atom stereocenters. The average molecular weight is 543 g/mol. The van der Waals surface area contributed by atoms with Crippen LogP contribution in [0.1, 0.15) is 82.1 Å². The quantitative estimate of drug-likeness (QED) is 0.325. The largest absolute Gasteiger partial charge is 0.413 e. The maximum Gasteiger partial charge on any atom is 0.192 e. The van der Waals surface area contributed by atoms with Crippen LogP contribution in [0.3, 0.4) is 0 Å². The second kappa shape index (κ2) is 8.38. The van der Waals surface area contributed by atoms with Crippen molar-refractivity contribution < 1.29 is 13.6 Å². The van der Waals surface area contributed by atoms with Gasteiger partial charge in [0.2, 0.25) is 0 Å². The monoisotopic (exact) mass is 542 g/mol. The number of hydrogen-bond donors (Lipinski definition) is 0.